The second kappa shape index (κ2) is 8.85. The fourth-order valence-corrected chi connectivity index (χ4v) is 3.94. The molecular weight excluding hydrogens is 421 g/mol. The average molecular weight is 442 g/mol. The predicted molar refractivity (Wildman–Crippen MR) is 119 cm³/mol. The van der Waals surface area contributed by atoms with E-state index in [2.05, 4.69) is 15.5 Å². The molecule has 0 spiro atoms. The molecule has 4 rings (SSSR count). The third-order valence-corrected chi connectivity index (χ3v) is 5.64. The van der Waals surface area contributed by atoms with E-state index in [1.807, 2.05) is 6.92 Å². The number of amides is 1. The minimum atomic E-state index is -0.512. The molecule has 0 saturated carbocycles. The summed E-state index contributed by atoms with van der Waals surface area (Å²) in [6, 6.07) is 9.16. The van der Waals surface area contributed by atoms with Gasteiger partial charge in [0.1, 0.15) is 11.3 Å². The Morgan fingerprint density at radius 3 is 3.00 bits per heavy atom. The molecule has 1 aliphatic rings. The number of oxazole rings is 1. The van der Waals surface area contributed by atoms with Gasteiger partial charge in [0.15, 0.2) is 11.5 Å². The fourth-order valence-electron chi connectivity index (χ4n) is 3.77. The third-order valence-electron chi connectivity index (χ3n) is 5.40. The summed E-state index contributed by atoms with van der Waals surface area (Å²) in [7, 11) is 0. The quantitative estimate of drug-likeness (QED) is 0.426. The van der Waals surface area contributed by atoms with Crippen LogP contribution >= 0.6 is 11.6 Å². The Labute approximate surface area is 183 Å². The van der Waals surface area contributed by atoms with E-state index in [0.717, 1.165) is 19.1 Å². The van der Waals surface area contributed by atoms with Crippen LogP contribution in [0, 0.1) is 11.2 Å². The molecule has 7 nitrogen and oxygen atoms in total. The first-order chi connectivity index (χ1) is 15.0. The Hall–Kier alpha value is -3.26. The third kappa shape index (κ3) is 4.44. The molecule has 0 aliphatic carbocycles. The number of piperidine rings is 1. The summed E-state index contributed by atoms with van der Waals surface area (Å²) in [5.74, 6) is -0.326. The summed E-state index contributed by atoms with van der Waals surface area (Å²) in [5, 5.41) is 11.4. The maximum absolute atomic E-state index is 13.9. The second-order valence-corrected chi connectivity index (χ2v) is 7.93. The van der Waals surface area contributed by atoms with E-state index in [1.165, 1.54) is 24.4 Å². The molecule has 0 bridgehead atoms. The number of hydrazone groups is 1. The van der Waals surface area contributed by atoms with Crippen LogP contribution in [0.3, 0.4) is 0 Å². The molecule has 31 heavy (non-hydrogen) atoms. The predicted octanol–water partition coefficient (Wildman–Crippen LogP) is 5.08. The molecule has 0 radical (unpaired) electrons. The maximum Gasteiger partial charge on any atom is 0.256 e. The smallest absolute Gasteiger partial charge is 0.256 e. The monoisotopic (exact) mass is 441 g/mol. The Balaban J connectivity index is 1.61. The van der Waals surface area contributed by atoms with Gasteiger partial charge in [0, 0.05) is 23.8 Å². The van der Waals surface area contributed by atoms with E-state index >= 15 is 0 Å². The van der Waals surface area contributed by atoms with E-state index in [-0.39, 0.29) is 23.4 Å². The molecule has 2 heterocycles. The highest BCUT2D eigenvalue weighted by molar-refractivity contribution is 6.31. The minimum absolute atomic E-state index is 0.0243. The van der Waals surface area contributed by atoms with E-state index in [4.69, 9.17) is 21.4 Å². The molecule has 9 heteroatoms. The van der Waals surface area contributed by atoms with Gasteiger partial charge in [-0.05, 0) is 56.2 Å². The number of nitrogens with one attached hydrogen (secondary N) is 2. The lowest BCUT2D eigenvalue weighted by atomic mass is 9.92. The Bertz CT molecular complexity index is 1160. The molecule has 1 saturated heterocycles. The summed E-state index contributed by atoms with van der Waals surface area (Å²) in [6.07, 6.45) is 3.82. The summed E-state index contributed by atoms with van der Waals surface area (Å²) < 4.78 is 19.9. The van der Waals surface area contributed by atoms with Crippen molar-refractivity contribution in [2.24, 2.45) is 5.10 Å². The Morgan fingerprint density at radius 1 is 1.35 bits per heavy atom. The first-order valence-electron chi connectivity index (χ1n) is 9.91. The molecule has 1 aromatic heterocycles. The van der Waals surface area contributed by atoms with Gasteiger partial charge in [0.05, 0.1) is 23.4 Å². The number of rotatable bonds is 5. The number of hydrogen-bond acceptors (Lipinski definition) is 6. The van der Waals surface area contributed by atoms with Gasteiger partial charge in [0.25, 0.3) is 5.91 Å². The maximum atomic E-state index is 13.9. The first-order valence-corrected chi connectivity index (χ1v) is 10.3. The van der Waals surface area contributed by atoms with Crippen LogP contribution in [0.15, 0.2) is 45.9 Å². The Morgan fingerprint density at radius 2 is 2.19 bits per heavy atom. The molecule has 1 amide bonds. The highest BCUT2D eigenvalue weighted by atomic mass is 35.5. The van der Waals surface area contributed by atoms with Crippen LogP contribution in [0.2, 0.25) is 5.02 Å². The van der Waals surface area contributed by atoms with Gasteiger partial charge < -0.3 is 14.7 Å². The second-order valence-electron chi connectivity index (χ2n) is 7.49. The van der Waals surface area contributed by atoms with Crippen molar-refractivity contribution < 1.29 is 13.6 Å². The van der Waals surface area contributed by atoms with Crippen LogP contribution in [0.4, 0.5) is 10.1 Å². The highest BCUT2D eigenvalue weighted by Crippen LogP contribution is 2.33. The Kier molecular flexibility index (Phi) is 5.99. The van der Waals surface area contributed by atoms with E-state index in [0.29, 0.717) is 34.2 Å². The number of carbonyl (C=O) groups excluding carboxylic acids is 1. The number of hydrogen-bond donors (Lipinski definition) is 2. The number of aromatic nitrogens is 1. The van der Waals surface area contributed by atoms with Gasteiger partial charge in [-0.15, -0.1) is 0 Å². The molecule has 2 atom stereocenters. The fraction of sp³-hybridized carbons (Fsp3) is 0.273. The number of fused-ring (bicyclic) bond motifs is 1. The molecule has 1 aliphatic heterocycles. The standard InChI is InChI=1S/C22H21ClFN5O2/c1-13-2-3-14(21-27-19-10-15(23)4-7-20(19)31-21)12-29(13)22(30)17-11-16(24)5-6-18(17)28-26-9-8-25/h4-11,13-14,25,28H,2-3,12H2,1H3/b25-8?,26-9-/t13-,14?/m1/s1. The number of nitrogens with zero attached hydrogens (tertiary/aromatic N) is 3. The van der Waals surface area contributed by atoms with Crippen molar-refractivity contribution in [1.29, 1.82) is 5.41 Å². The minimum Gasteiger partial charge on any atom is -0.440 e. The molecular formula is C22H21ClFN5O2. The van der Waals surface area contributed by atoms with Crippen molar-refractivity contribution in [1.82, 2.24) is 9.88 Å². The van der Waals surface area contributed by atoms with Gasteiger partial charge in [-0.2, -0.15) is 5.10 Å². The van der Waals surface area contributed by atoms with Crippen molar-refractivity contribution in [2.45, 2.75) is 31.7 Å². The van der Waals surface area contributed by atoms with E-state index in [1.54, 1.807) is 23.1 Å². The highest BCUT2D eigenvalue weighted by Gasteiger charge is 2.33. The lowest BCUT2D eigenvalue weighted by Crippen LogP contribution is -2.45. The molecule has 1 unspecified atom stereocenters. The van der Waals surface area contributed by atoms with Crippen LogP contribution in [0.5, 0.6) is 0 Å². The average Bonchev–Trinajstić information content (AvgIpc) is 3.18. The number of halogens is 2. The van der Waals surface area contributed by atoms with Crippen molar-refractivity contribution >= 4 is 46.7 Å². The summed E-state index contributed by atoms with van der Waals surface area (Å²) >= 11 is 6.05. The number of anilines is 1. The topological polar surface area (TPSA) is 94.6 Å². The van der Waals surface area contributed by atoms with Gasteiger partial charge in [0.2, 0.25) is 0 Å². The van der Waals surface area contributed by atoms with Crippen LogP contribution in [-0.4, -0.2) is 40.8 Å². The molecule has 3 aromatic rings. The molecule has 160 valence electrons. The van der Waals surface area contributed by atoms with Crippen LogP contribution in [0.25, 0.3) is 11.1 Å². The van der Waals surface area contributed by atoms with Crippen LogP contribution < -0.4 is 5.43 Å². The zero-order valence-electron chi connectivity index (χ0n) is 16.8. The largest absolute Gasteiger partial charge is 0.440 e. The van der Waals surface area contributed by atoms with Crippen molar-refractivity contribution in [3.05, 3.63) is 58.7 Å². The van der Waals surface area contributed by atoms with Gasteiger partial charge in [-0.3, -0.25) is 10.2 Å². The molecule has 2 N–H and O–H groups in total. The summed E-state index contributed by atoms with van der Waals surface area (Å²) in [6.45, 7) is 2.37. The van der Waals surface area contributed by atoms with E-state index < -0.39 is 5.82 Å². The number of likely N-dealkylation sites (tertiary alicyclic amines) is 1. The van der Waals surface area contributed by atoms with E-state index in [9.17, 15) is 9.18 Å². The first kappa shape index (κ1) is 21.0. The zero-order chi connectivity index (χ0) is 22.0. The van der Waals surface area contributed by atoms with Gasteiger partial charge in [-0.25, -0.2) is 9.37 Å². The summed E-state index contributed by atoms with van der Waals surface area (Å²) in [5.41, 5.74) is 4.58. The lowest BCUT2D eigenvalue weighted by molar-refractivity contribution is 0.0598. The van der Waals surface area contributed by atoms with Crippen LogP contribution in [0.1, 0.15) is 41.9 Å². The molecule has 2 aromatic carbocycles. The SMILES string of the molecule is C[C@@H]1CCC(c2nc3cc(Cl)ccc3o2)CN1C(=O)c1cc(F)ccc1N/N=C\C=N. The molecule has 1 fully saturated rings. The van der Waals surface area contributed by atoms with Gasteiger partial charge >= 0.3 is 0 Å². The number of carbonyl (C=O) groups is 1. The van der Waals surface area contributed by atoms with Crippen LogP contribution in [-0.2, 0) is 0 Å². The summed E-state index contributed by atoms with van der Waals surface area (Å²) in [4.78, 5) is 19.7. The van der Waals surface area contributed by atoms with Crippen molar-refractivity contribution in [3.8, 4) is 0 Å². The van der Waals surface area contributed by atoms with Crippen molar-refractivity contribution in [3.63, 3.8) is 0 Å². The zero-order valence-corrected chi connectivity index (χ0v) is 17.6. The van der Waals surface area contributed by atoms with Gasteiger partial charge in [-0.1, -0.05) is 11.6 Å². The lowest BCUT2D eigenvalue weighted by Gasteiger charge is -2.37. The van der Waals surface area contributed by atoms with Crippen molar-refractivity contribution in [2.75, 3.05) is 12.0 Å². The number of benzene rings is 2. The normalized spacial score (nSPS) is 19.1.